The summed E-state index contributed by atoms with van der Waals surface area (Å²) in [7, 11) is -1.14. The van der Waals surface area contributed by atoms with E-state index in [2.05, 4.69) is 60.4 Å². The third-order valence-electron chi connectivity index (χ3n) is 5.68. The third-order valence-corrected chi connectivity index (χ3v) is 5.68. The molecular formula is C34H48BNO7. The van der Waals surface area contributed by atoms with Crippen LogP contribution in [-0.4, -0.2) is 38.7 Å². The van der Waals surface area contributed by atoms with Crippen molar-refractivity contribution in [1.29, 1.82) is 0 Å². The molecule has 3 rings (SSSR count). The van der Waals surface area contributed by atoms with Gasteiger partial charge < -0.3 is 32.9 Å². The van der Waals surface area contributed by atoms with Crippen LogP contribution in [0, 0.1) is 23.7 Å². The molecule has 234 valence electrons. The number of benzene rings is 2. The van der Waals surface area contributed by atoms with Gasteiger partial charge >= 0.3 is 7.32 Å². The van der Waals surface area contributed by atoms with E-state index in [1.165, 1.54) is 0 Å². The molecule has 0 aliphatic carbocycles. The lowest BCUT2D eigenvalue weighted by molar-refractivity contribution is 0.179. The first-order chi connectivity index (χ1) is 20.6. The van der Waals surface area contributed by atoms with E-state index >= 15 is 0 Å². The maximum atomic E-state index is 6.33. The first kappa shape index (κ1) is 33.9. The molecule has 0 amide bonds. The van der Waals surface area contributed by atoms with Crippen LogP contribution in [0.5, 0.6) is 34.5 Å². The van der Waals surface area contributed by atoms with Gasteiger partial charge in [-0.05, 0) is 60.1 Å². The van der Waals surface area contributed by atoms with Gasteiger partial charge in [-0.2, -0.15) is 0 Å². The molecule has 0 N–H and O–H groups in total. The number of rotatable bonds is 19. The minimum Gasteiger partial charge on any atom is -0.498 e. The van der Waals surface area contributed by atoms with Crippen molar-refractivity contribution < 1.29 is 32.9 Å². The first-order valence-corrected chi connectivity index (χ1v) is 15.2. The van der Waals surface area contributed by atoms with Crippen molar-refractivity contribution in [3.63, 3.8) is 0 Å². The molecule has 0 saturated heterocycles. The van der Waals surface area contributed by atoms with Crippen molar-refractivity contribution in [2.24, 2.45) is 23.7 Å². The zero-order valence-corrected chi connectivity index (χ0v) is 27.0. The van der Waals surface area contributed by atoms with Crippen LogP contribution >= 0.6 is 0 Å². The highest BCUT2D eigenvalue weighted by Gasteiger charge is 2.31. The maximum absolute atomic E-state index is 6.33. The Balaban J connectivity index is 1.91. The fourth-order valence-corrected chi connectivity index (χ4v) is 3.55. The summed E-state index contributed by atoms with van der Waals surface area (Å²) in [6, 6.07) is 16.7. The van der Waals surface area contributed by atoms with Gasteiger partial charge in [-0.25, -0.2) is 0 Å². The summed E-state index contributed by atoms with van der Waals surface area (Å²) < 4.78 is 43.0. The van der Waals surface area contributed by atoms with E-state index < -0.39 is 7.32 Å². The number of pyridine rings is 1. The summed E-state index contributed by atoms with van der Waals surface area (Å²) in [5.74, 6) is 4.83. The van der Waals surface area contributed by atoms with E-state index in [0.29, 0.717) is 84.6 Å². The Morgan fingerprint density at radius 3 is 1.44 bits per heavy atom. The fourth-order valence-electron chi connectivity index (χ4n) is 3.55. The molecule has 0 bridgehead atoms. The van der Waals surface area contributed by atoms with Gasteiger partial charge in [-0.3, -0.25) is 4.98 Å². The van der Waals surface area contributed by atoms with Gasteiger partial charge in [0.2, 0.25) is 0 Å². The Kier molecular flexibility index (Phi) is 13.8. The van der Waals surface area contributed by atoms with Gasteiger partial charge in [-0.15, -0.1) is 0 Å². The summed E-state index contributed by atoms with van der Waals surface area (Å²) in [4.78, 5) is 4.37. The predicted octanol–water partition coefficient (Wildman–Crippen LogP) is 7.88. The molecule has 8 nitrogen and oxygen atoms in total. The smallest absolute Gasteiger partial charge is 0.498 e. The highest BCUT2D eigenvalue weighted by atomic mass is 16.7. The normalized spacial score (nSPS) is 11.3. The van der Waals surface area contributed by atoms with Crippen LogP contribution in [0.15, 0.2) is 60.8 Å². The average Bonchev–Trinajstić information content (AvgIpc) is 2.97. The number of aromatic nitrogens is 1. The van der Waals surface area contributed by atoms with Crippen LogP contribution in [0.3, 0.4) is 0 Å². The highest BCUT2D eigenvalue weighted by Crippen LogP contribution is 2.36. The van der Waals surface area contributed by atoms with Gasteiger partial charge in [-0.1, -0.05) is 61.5 Å². The summed E-state index contributed by atoms with van der Waals surface area (Å²) in [5.41, 5.74) is 0.738. The molecule has 0 atom stereocenters. The molecule has 3 aromatic rings. The SMILES string of the molecule is CC(C)COc1ccc(OB(OCc2ccccn2)Oc2ccc(OCC(C)C)cc2OCC(C)C)c(OCC(C)C)c1. The molecule has 0 aliphatic rings. The summed E-state index contributed by atoms with van der Waals surface area (Å²) in [6.45, 7) is 19.2. The molecule has 2 aromatic carbocycles. The Labute approximate surface area is 258 Å². The third kappa shape index (κ3) is 12.7. The van der Waals surface area contributed by atoms with Crippen molar-refractivity contribution in [3.05, 3.63) is 66.5 Å². The zero-order chi connectivity index (χ0) is 31.2. The van der Waals surface area contributed by atoms with Crippen LogP contribution in [0.2, 0.25) is 0 Å². The predicted molar refractivity (Wildman–Crippen MR) is 170 cm³/mol. The highest BCUT2D eigenvalue weighted by molar-refractivity contribution is 6.38. The number of ether oxygens (including phenoxy) is 4. The molecule has 9 heteroatoms. The second-order valence-corrected chi connectivity index (χ2v) is 12.2. The molecule has 0 aliphatic heterocycles. The van der Waals surface area contributed by atoms with Crippen molar-refractivity contribution in [3.8, 4) is 34.5 Å². The second kappa shape index (κ2) is 17.5. The number of nitrogens with zero attached hydrogens (tertiary/aromatic N) is 1. The molecule has 1 heterocycles. The molecule has 0 fully saturated rings. The molecule has 0 radical (unpaired) electrons. The van der Waals surface area contributed by atoms with Gasteiger partial charge in [0.05, 0.1) is 38.7 Å². The van der Waals surface area contributed by atoms with E-state index in [-0.39, 0.29) is 6.61 Å². The lowest BCUT2D eigenvalue weighted by Crippen LogP contribution is -2.34. The van der Waals surface area contributed by atoms with E-state index in [1.807, 2.05) is 54.6 Å². The topological polar surface area (TPSA) is 77.5 Å². The molecule has 0 saturated carbocycles. The van der Waals surface area contributed by atoms with Gasteiger partial charge in [0.1, 0.15) is 23.0 Å². The van der Waals surface area contributed by atoms with Crippen LogP contribution < -0.4 is 28.3 Å². The standard InChI is InChI=1S/C34H48BNO7/c1-24(2)19-37-29-12-14-31(33(17-29)39-21-26(5)6)42-35(41-23-28-11-9-10-16-36-28)43-32-15-13-30(38-20-25(3)4)18-34(32)40-22-27(7)8/h9-18,24-27H,19-23H2,1-8H3. The van der Waals surface area contributed by atoms with E-state index in [4.69, 9.17) is 32.9 Å². The quantitative estimate of drug-likeness (QED) is 0.130. The van der Waals surface area contributed by atoms with Crippen molar-refractivity contribution in [1.82, 2.24) is 4.98 Å². The van der Waals surface area contributed by atoms with Crippen molar-refractivity contribution in [2.75, 3.05) is 26.4 Å². The van der Waals surface area contributed by atoms with Gasteiger partial charge in [0, 0.05) is 18.3 Å². The van der Waals surface area contributed by atoms with Crippen LogP contribution in [0.1, 0.15) is 61.1 Å². The summed E-state index contributed by atoms with van der Waals surface area (Å²) in [5, 5.41) is 0. The Morgan fingerprint density at radius 1 is 0.558 bits per heavy atom. The molecule has 0 spiro atoms. The zero-order valence-electron chi connectivity index (χ0n) is 27.0. The number of hydrogen-bond acceptors (Lipinski definition) is 8. The monoisotopic (exact) mass is 593 g/mol. The maximum Gasteiger partial charge on any atom is 0.788 e. The number of hydrogen-bond donors (Lipinski definition) is 0. The van der Waals surface area contributed by atoms with Crippen molar-refractivity contribution >= 4 is 7.32 Å². The lowest BCUT2D eigenvalue weighted by Gasteiger charge is -2.21. The van der Waals surface area contributed by atoms with E-state index in [1.54, 1.807) is 6.20 Å². The molecule has 1 aromatic heterocycles. The van der Waals surface area contributed by atoms with Crippen LogP contribution in [0.25, 0.3) is 0 Å². The minimum atomic E-state index is -1.14. The van der Waals surface area contributed by atoms with Crippen LogP contribution in [-0.2, 0) is 11.3 Å². The lowest BCUT2D eigenvalue weighted by atomic mass is 10.1. The Morgan fingerprint density at radius 2 is 1.02 bits per heavy atom. The second-order valence-electron chi connectivity index (χ2n) is 12.2. The molecule has 43 heavy (non-hydrogen) atoms. The first-order valence-electron chi connectivity index (χ1n) is 15.2. The largest absolute Gasteiger partial charge is 0.788 e. The van der Waals surface area contributed by atoms with Crippen LogP contribution in [0.4, 0.5) is 0 Å². The van der Waals surface area contributed by atoms with E-state index in [0.717, 1.165) is 5.69 Å². The Hall–Kier alpha value is -3.59. The van der Waals surface area contributed by atoms with Gasteiger partial charge in [0.25, 0.3) is 0 Å². The summed E-state index contributed by atoms with van der Waals surface area (Å²) in [6.07, 6.45) is 1.72. The summed E-state index contributed by atoms with van der Waals surface area (Å²) >= 11 is 0. The molecular weight excluding hydrogens is 545 g/mol. The van der Waals surface area contributed by atoms with E-state index in [9.17, 15) is 0 Å². The fraction of sp³-hybridized carbons (Fsp3) is 0.500. The molecule has 0 unspecified atom stereocenters. The van der Waals surface area contributed by atoms with Crippen molar-refractivity contribution in [2.45, 2.75) is 62.0 Å². The minimum absolute atomic E-state index is 0.168. The average molecular weight is 594 g/mol. The Bertz CT molecular complexity index is 1150. The van der Waals surface area contributed by atoms with Gasteiger partial charge in [0.15, 0.2) is 11.5 Å².